The van der Waals surface area contributed by atoms with Gasteiger partial charge in [-0.3, -0.25) is 9.79 Å². The van der Waals surface area contributed by atoms with E-state index in [1.807, 2.05) is 0 Å². The molecule has 6 heteroatoms. The minimum absolute atomic E-state index is 0.0961. The van der Waals surface area contributed by atoms with Gasteiger partial charge in [0.15, 0.2) is 5.96 Å². The normalized spacial score (nSPS) is 15.0. The maximum atomic E-state index is 11.6. The molecule has 1 aliphatic rings. The predicted octanol–water partition coefficient (Wildman–Crippen LogP) is 2.46. The van der Waals surface area contributed by atoms with Gasteiger partial charge >= 0.3 is 0 Å². The van der Waals surface area contributed by atoms with Crippen molar-refractivity contribution in [3.05, 3.63) is 29.3 Å². The molecular formula is C20H32N4O2. The Morgan fingerprint density at radius 2 is 2.00 bits per heavy atom. The molecule has 0 saturated heterocycles. The number of aryl methyl sites for hydroxylation is 1. The van der Waals surface area contributed by atoms with Crippen molar-refractivity contribution in [1.82, 2.24) is 15.5 Å². The molecule has 0 spiro atoms. The summed E-state index contributed by atoms with van der Waals surface area (Å²) in [6.07, 6.45) is 5.57. The van der Waals surface area contributed by atoms with Crippen LogP contribution < -0.4 is 15.4 Å². The van der Waals surface area contributed by atoms with Crippen molar-refractivity contribution in [2.24, 2.45) is 4.99 Å². The number of hydrogen-bond donors (Lipinski definition) is 2. The van der Waals surface area contributed by atoms with Crippen molar-refractivity contribution < 1.29 is 9.53 Å². The average molecular weight is 361 g/mol. The Morgan fingerprint density at radius 1 is 1.27 bits per heavy atom. The first-order chi connectivity index (χ1) is 12.5. The highest BCUT2D eigenvalue weighted by Crippen LogP contribution is 2.27. The highest BCUT2D eigenvalue weighted by atomic mass is 16.5. The van der Waals surface area contributed by atoms with E-state index in [9.17, 15) is 4.79 Å². The smallest absolute Gasteiger partial charge is 0.223 e. The molecular weight excluding hydrogens is 328 g/mol. The van der Waals surface area contributed by atoms with Crippen LogP contribution in [0.5, 0.6) is 5.75 Å². The zero-order valence-electron chi connectivity index (χ0n) is 16.5. The fourth-order valence-electron chi connectivity index (χ4n) is 3.01. The van der Waals surface area contributed by atoms with Crippen molar-refractivity contribution in [1.29, 1.82) is 0 Å². The predicted molar refractivity (Wildman–Crippen MR) is 106 cm³/mol. The number of guanidine groups is 1. The van der Waals surface area contributed by atoms with Crippen LogP contribution >= 0.6 is 0 Å². The molecule has 6 nitrogen and oxygen atoms in total. The fraction of sp³-hybridized carbons (Fsp3) is 0.600. The quantitative estimate of drug-likeness (QED) is 0.579. The topological polar surface area (TPSA) is 66.0 Å². The lowest BCUT2D eigenvalue weighted by Crippen LogP contribution is -2.38. The Bertz CT molecular complexity index is 622. The van der Waals surface area contributed by atoms with Crippen LogP contribution in [0.15, 0.2) is 23.2 Å². The van der Waals surface area contributed by atoms with Crippen LogP contribution in [0.2, 0.25) is 0 Å². The summed E-state index contributed by atoms with van der Waals surface area (Å²) >= 11 is 0. The number of nitrogens with one attached hydrogen (secondary N) is 2. The van der Waals surface area contributed by atoms with E-state index in [0.717, 1.165) is 24.2 Å². The third kappa shape index (κ3) is 6.24. The second kappa shape index (κ2) is 10.0. The molecule has 1 amide bonds. The Kier molecular flexibility index (Phi) is 7.75. The van der Waals surface area contributed by atoms with Gasteiger partial charge in [0.05, 0.1) is 6.10 Å². The van der Waals surface area contributed by atoms with Crippen LogP contribution in [-0.4, -0.2) is 50.6 Å². The van der Waals surface area contributed by atoms with Crippen molar-refractivity contribution >= 4 is 11.9 Å². The molecule has 0 aromatic heterocycles. The van der Waals surface area contributed by atoms with Gasteiger partial charge in [0.2, 0.25) is 5.91 Å². The van der Waals surface area contributed by atoms with Gasteiger partial charge in [-0.25, -0.2) is 0 Å². The van der Waals surface area contributed by atoms with E-state index >= 15 is 0 Å². The second-order valence-corrected chi connectivity index (χ2v) is 7.03. The number of benzene rings is 1. The van der Waals surface area contributed by atoms with Gasteiger partial charge in [0.1, 0.15) is 5.75 Å². The lowest BCUT2D eigenvalue weighted by molar-refractivity contribution is -0.128. The van der Waals surface area contributed by atoms with Gasteiger partial charge in [-0.05, 0) is 44.2 Å². The van der Waals surface area contributed by atoms with Gasteiger partial charge in [0, 0.05) is 46.2 Å². The molecule has 0 aliphatic heterocycles. The monoisotopic (exact) mass is 360 g/mol. The van der Waals surface area contributed by atoms with Crippen molar-refractivity contribution in [3.63, 3.8) is 0 Å². The second-order valence-electron chi connectivity index (χ2n) is 7.03. The number of rotatable bonds is 7. The summed E-state index contributed by atoms with van der Waals surface area (Å²) in [6.45, 7) is 3.26. The van der Waals surface area contributed by atoms with Crippen LogP contribution in [0, 0.1) is 6.92 Å². The lowest BCUT2D eigenvalue weighted by atomic mass is 10.1. The molecule has 26 heavy (non-hydrogen) atoms. The Balaban J connectivity index is 1.89. The maximum absolute atomic E-state index is 11.6. The molecule has 2 rings (SSSR count). The molecule has 1 saturated carbocycles. The SMILES string of the molecule is CN=C(NCCC(=O)N(C)C)NCc1ccc(C)cc1OC1CCCC1. The molecule has 0 bridgehead atoms. The van der Waals surface area contributed by atoms with Gasteiger partial charge < -0.3 is 20.3 Å². The van der Waals surface area contributed by atoms with Gasteiger partial charge in [-0.1, -0.05) is 12.1 Å². The van der Waals surface area contributed by atoms with Crippen LogP contribution in [-0.2, 0) is 11.3 Å². The van der Waals surface area contributed by atoms with Gasteiger partial charge in [-0.15, -0.1) is 0 Å². The van der Waals surface area contributed by atoms with Crippen LogP contribution in [0.4, 0.5) is 0 Å². The summed E-state index contributed by atoms with van der Waals surface area (Å²) in [5.41, 5.74) is 2.32. The molecule has 1 fully saturated rings. The zero-order valence-corrected chi connectivity index (χ0v) is 16.5. The number of carbonyl (C=O) groups excluding carboxylic acids is 1. The molecule has 1 aliphatic carbocycles. The van der Waals surface area contributed by atoms with Crippen LogP contribution in [0.25, 0.3) is 0 Å². The van der Waals surface area contributed by atoms with E-state index < -0.39 is 0 Å². The number of hydrogen-bond acceptors (Lipinski definition) is 3. The summed E-state index contributed by atoms with van der Waals surface area (Å²) in [4.78, 5) is 17.5. The maximum Gasteiger partial charge on any atom is 0.223 e. The fourth-order valence-corrected chi connectivity index (χ4v) is 3.01. The van der Waals surface area contributed by atoms with E-state index in [1.165, 1.54) is 18.4 Å². The number of aliphatic imine (C=N–C) groups is 1. The Morgan fingerprint density at radius 3 is 2.65 bits per heavy atom. The molecule has 0 radical (unpaired) electrons. The van der Waals surface area contributed by atoms with E-state index in [0.29, 0.717) is 31.6 Å². The summed E-state index contributed by atoms with van der Waals surface area (Å²) in [5, 5.41) is 6.49. The minimum atomic E-state index is 0.0961. The number of nitrogens with zero attached hydrogens (tertiary/aromatic N) is 2. The molecule has 144 valence electrons. The van der Waals surface area contributed by atoms with Crippen LogP contribution in [0.3, 0.4) is 0 Å². The van der Waals surface area contributed by atoms with E-state index in [2.05, 4.69) is 40.7 Å². The van der Waals surface area contributed by atoms with E-state index in [-0.39, 0.29) is 5.91 Å². The van der Waals surface area contributed by atoms with Gasteiger partial charge in [-0.2, -0.15) is 0 Å². The average Bonchev–Trinajstić information content (AvgIpc) is 3.12. The van der Waals surface area contributed by atoms with Crippen LogP contribution in [0.1, 0.15) is 43.2 Å². The molecule has 0 atom stereocenters. The van der Waals surface area contributed by atoms with E-state index in [4.69, 9.17) is 4.74 Å². The number of carbonyl (C=O) groups is 1. The summed E-state index contributed by atoms with van der Waals surface area (Å²) in [7, 11) is 5.26. The van der Waals surface area contributed by atoms with E-state index in [1.54, 1.807) is 26.0 Å². The summed E-state index contributed by atoms with van der Waals surface area (Å²) in [6, 6.07) is 6.32. The molecule has 0 unspecified atom stereocenters. The number of amides is 1. The highest BCUT2D eigenvalue weighted by molar-refractivity contribution is 5.81. The van der Waals surface area contributed by atoms with Gasteiger partial charge in [0.25, 0.3) is 0 Å². The molecule has 1 aromatic rings. The van der Waals surface area contributed by atoms with Crippen molar-refractivity contribution in [2.75, 3.05) is 27.7 Å². The summed E-state index contributed by atoms with van der Waals surface area (Å²) in [5.74, 6) is 1.74. The lowest BCUT2D eigenvalue weighted by Gasteiger charge is -2.18. The largest absolute Gasteiger partial charge is 0.490 e. The number of ether oxygens (including phenoxy) is 1. The first-order valence-electron chi connectivity index (χ1n) is 9.40. The van der Waals surface area contributed by atoms with Crippen molar-refractivity contribution in [2.45, 2.75) is 51.7 Å². The molecule has 0 heterocycles. The highest BCUT2D eigenvalue weighted by Gasteiger charge is 2.18. The standard InChI is InChI=1S/C20H32N4O2/c1-15-9-10-16(18(13-15)26-17-7-5-6-8-17)14-23-20(21-2)22-12-11-19(25)24(3)4/h9-10,13,17H,5-8,11-12,14H2,1-4H3,(H2,21,22,23). The third-order valence-electron chi connectivity index (χ3n) is 4.62. The molecule has 1 aromatic carbocycles. The van der Waals surface area contributed by atoms with Crippen molar-refractivity contribution in [3.8, 4) is 5.75 Å². The minimum Gasteiger partial charge on any atom is -0.490 e. The third-order valence-corrected chi connectivity index (χ3v) is 4.62. The summed E-state index contributed by atoms with van der Waals surface area (Å²) < 4.78 is 6.24. The Labute approximate surface area is 157 Å². The first kappa shape index (κ1) is 20.1. The zero-order chi connectivity index (χ0) is 18.9. The first-order valence-corrected chi connectivity index (χ1v) is 9.40. The molecule has 2 N–H and O–H groups in total. The Hall–Kier alpha value is -2.24.